The third kappa shape index (κ3) is 4.71. The molecular formula is C22H12FN3O7. The van der Waals surface area contributed by atoms with Crippen molar-refractivity contribution in [1.29, 1.82) is 0 Å². The van der Waals surface area contributed by atoms with Crippen LogP contribution in [0.4, 0.5) is 15.8 Å². The third-order valence-corrected chi connectivity index (χ3v) is 4.45. The highest BCUT2D eigenvalue weighted by atomic mass is 19.1. The maximum atomic E-state index is 13.1. The summed E-state index contributed by atoms with van der Waals surface area (Å²) in [6.45, 7) is 0. The van der Waals surface area contributed by atoms with Crippen molar-refractivity contribution in [3.63, 3.8) is 0 Å². The first-order valence-electron chi connectivity index (χ1n) is 9.29. The summed E-state index contributed by atoms with van der Waals surface area (Å²) < 4.78 is 23.8. The number of rotatable bonds is 6. The standard InChI is InChI=1S/C22H12FN3O7/c23-15-6-4-14(5-7-15)21-24-18(22(27)33-21)11-13-2-1-3-17(10-13)32-20-9-8-16(25(28)29)12-19(20)26(30)31/h1-12H. The maximum absolute atomic E-state index is 13.1. The molecule has 33 heavy (non-hydrogen) atoms. The van der Waals surface area contributed by atoms with Crippen molar-refractivity contribution in [2.24, 2.45) is 4.99 Å². The molecule has 0 amide bonds. The van der Waals surface area contributed by atoms with Gasteiger partial charge in [-0.1, -0.05) is 12.1 Å². The van der Waals surface area contributed by atoms with Gasteiger partial charge in [0.1, 0.15) is 11.6 Å². The molecule has 0 unspecified atom stereocenters. The minimum atomic E-state index is -0.783. The smallest absolute Gasteiger partial charge is 0.363 e. The zero-order valence-corrected chi connectivity index (χ0v) is 16.5. The summed E-state index contributed by atoms with van der Waals surface area (Å²) in [6.07, 6.45) is 1.43. The second-order valence-electron chi connectivity index (χ2n) is 6.68. The van der Waals surface area contributed by atoms with Gasteiger partial charge in [0, 0.05) is 11.6 Å². The lowest BCUT2D eigenvalue weighted by Crippen LogP contribution is -2.05. The number of halogens is 1. The van der Waals surface area contributed by atoms with Crippen molar-refractivity contribution in [2.45, 2.75) is 0 Å². The summed E-state index contributed by atoms with van der Waals surface area (Å²) in [6, 6.07) is 14.6. The van der Waals surface area contributed by atoms with Crippen LogP contribution >= 0.6 is 0 Å². The van der Waals surface area contributed by atoms with Crippen molar-refractivity contribution >= 4 is 29.3 Å². The number of nitro benzene ring substituents is 2. The molecule has 1 aliphatic rings. The second kappa shape index (κ2) is 8.67. The first-order chi connectivity index (χ1) is 15.8. The van der Waals surface area contributed by atoms with Gasteiger partial charge in [-0.15, -0.1) is 0 Å². The second-order valence-corrected chi connectivity index (χ2v) is 6.68. The first kappa shape index (κ1) is 21.3. The van der Waals surface area contributed by atoms with Crippen LogP contribution in [0.25, 0.3) is 6.08 Å². The van der Waals surface area contributed by atoms with Gasteiger partial charge in [-0.25, -0.2) is 14.2 Å². The summed E-state index contributed by atoms with van der Waals surface area (Å²) in [4.78, 5) is 36.9. The molecule has 0 radical (unpaired) electrons. The molecule has 3 aromatic rings. The molecule has 0 bridgehead atoms. The van der Waals surface area contributed by atoms with Crippen LogP contribution in [0.5, 0.6) is 11.5 Å². The van der Waals surface area contributed by atoms with E-state index in [0.29, 0.717) is 11.1 Å². The lowest BCUT2D eigenvalue weighted by atomic mass is 10.2. The highest BCUT2D eigenvalue weighted by Gasteiger charge is 2.24. The van der Waals surface area contributed by atoms with E-state index < -0.39 is 33.0 Å². The van der Waals surface area contributed by atoms with E-state index in [-0.39, 0.29) is 23.1 Å². The van der Waals surface area contributed by atoms with Gasteiger partial charge in [0.15, 0.2) is 5.70 Å². The highest BCUT2D eigenvalue weighted by Crippen LogP contribution is 2.34. The van der Waals surface area contributed by atoms with Crippen LogP contribution in [-0.2, 0) is 9.53 Å². The fourth-order valence-electron chi connectivity index (χ4n) is 2.93. The fourth-order valence-corrected chi connectivity index (χ4v) is 2.93. The quantitative estimate of drug-likeness (QED) is 0.229. The van der Waals surface area contributed by atoms with Gasteiger partial charge in [0.25, 0.3) is 5.69 Å². The Kier molecular flexibility index (Phi) is 5.60. The number of esters is 1. The zero-order valence-electron chi connectivity index (χ0n) is 16.5. The number of hydrogen-bond acceptors (Lipinski definition) is 8. The van der Waals surface area contributed by atoms with Crippen LogP contribution < -0.4 is 4.74 Å². The molecule has 0 aliphatic carbocycles. The van der Waals surface area contributed by atoms with Gasteiger partial charge in [-0.3, -0.25) is 20.2 Å². The maximum Gasteiger partial charge on any atom is 0.363 e. The predicted octanol–water partition coefficient (Wildman–Crippen LogP) is 4.78. The molecule has 0 N–H and O–H groups in total. The van der Waals surface area contributed by atoms with Gasteiger partial charge >= 0.3 is 11.7 Å². The lowest BCUT2D eigenvalue weighted by Gasteiger charge is -2.07. The van der Waals surface area contributed by atoms with Crippen molar-refractivity contribution in [3.8, 4) is 11.5 Å². The minimum Gasteiger partial charge on any atom is -0.450 e. The van der Waals surface area contributed by atoms with Crippen LogP contribution in [0.15, 0.2) is 77.4 Å². The third-order valence-electron chi connectivity index (χ3n) is 4.45. The van der Waals surface area contributed by atoms with Crippen molar-refractivity contribution < 1.29 is 28.5 Å². The lowest BCUT2D eigenvalue weighted by molar-refractivity contribution is -0.394. The number of carbonyl (C=O) groups excluding carboxylic acids is 1. The Morgan fingerprint density at radius 1 is 0.970 bits per heavy atom. The van der Waals surface area contributed by atoms with E-state index in [1.54, 1.807) is 12.1 Å². The molecule has 164 valence electrons. The Balaban J connectivity index is 1.61. The Bertz CT molecular complexity index is 1350. The molecule has 0 saturated heterocycles. The molecule has 1 heterocycles. The molecule has 1 aliphatic heterocycles. The van der Waals surface area contributed by atoms with Gasteiger partial charge in [0.05, 0.1) is 15.9 Å². The van der Waals surface area contributed by atoms with Crippen molar-refractivity contribution in [1.82, 2.24) is 0 Å². The number of cyclic esters (lactones) is 1. The van der Waals surface area contributed by atoms with Crippen molar-refractivity contribution in [3.05, 3.63) is 110 Å². The van der Waals surface area contributed by atoms with E-state index in [9.17, 15) is 29.4 Å². The number of nitrogens with zero attached hydrogens (tertiary/aromatic N) is 3. The summed E-state index contributed by atoms with van der Waals surface area (Å²) in [5, 5.41) is 22.2. The molecule has 0 atom stereocenters. The van der Waals surface area contributed by atoms with E-state index in [4.69, 9.17) is 9.47 Å². The molecule has 0 fully saturated rings. The van der Waals surface area contributed by atoms with Crippen LogP contribution in [0.3, 0.4) is 0 Å². The Hall–Kier alpha value is -4.93. The molecule has 11 heteroatoms. The number of nitro groups is 2. The normalized spacial score (nSPS) is 14.0. The summed E-state index contributed by atoms with van der Waals surface area (Å²) >= 11 is 0. The van der Waals surface area contributed by atoms with Crippen LogP contribution in [0.2, 0.25) is 0 Å². The molecule has 4 rings (SSSR count). The van der Waals surface area contributed by atoms with Crippen LogP contribution in [-0.4, -0.2) is 21.7 Å². The summed E-state index contributed by atoms with van der Waals surface area (Å²) in [7, 11) is 0. The summed E-state index contributed by atoms with van der Waals surface area (Å²) in [5.41, 5.74) is -0.111. The molecule has 3 aromatic carbocycles. The van der Waals surface area contributed by atoms with E-state index in [1.807, 2.05) is 0 Å². The van der Waals surface area contributed by atoms with Crippen LogP contribution in [0, 0.1) is 26.0 Å². The molecule has 10 nitrogen and oxygen atoms in total. The number of hydrogen-bond donors (Lipinski definition) is 0. The molecule has 0 saturated carbocycles. The monoisotopic (exact) mass is 449 g/mol. The molecule has 0 aromatic heterocycles. The topological polar surface area (TPSA) is 134 Å². The van der Waals surface area contributed by atoms with Gasteiger partial charge in [-0.05, 0) is 54.1 Å². The zero-order chi connectivity index (χ0) is 23.5. The predicted molar refractivity (Wildman–Crippen MR) is 113 cm³/mol. The van der Waals surface area contributed by atoms with Gasteiger partial charge < -0.3 is 9.47 Å². The number of non-ortho nitro benzene ring substituents is 1. The largest absolute Gasteiger partial charge is 0.450 e. The molecular weight excluding hydrogens is 437 g/mol. The first-order valence-corrected chi connectivity index (χ1v) is 9.29. The SMILES string of the molecule is O=C1OC(c2ccc(F)cc2)=NC1=Cc1cccc(Oc2ccc([N+](=O)[O-])cc2[N+](=O)[O-])c1. The number of aliphatic imine (C=N–C) groups is 1. The van der Waals surface area contributed by atoms with Crippen LogP contribution in [0.1, 0.15) is 11.1 Å². The molecule has 0 spiro atoms. The van der Waals surface area contributed by atoms with E-state index in [1.165, 1.54) is 42.5 Å². The number of benzene rings is 3. The van der Waals surface area contributed by atoms with E-state index in [2.05, 4.69) is 4.99 Å². The van der Waals surface area contributed by atoms with Crippen molar-refractivity contribution in [2.75, 3.05) is 0 Å². The van der Waals surface area contributed by atoms with Gasteiger partial charge in [0.2, 0.25) is 11.6 Å². The number of carbonyl (C=O) groups is 1. The average Bonchev–Trinajstić information content (AvgIpc) is 3.14. The fraction of sp³-hybridized carbons (Fsp3) is 0. The van der Waals surface area contributed by atoms with Gasteiger partial charge in [-0.2, -0.15) is 0 Å². The Morgan fingerprint density at radius 2 is 1.73 bits per heavy atom. The van der Waals surface area contributed by atoms with E-state index >= 15 is 0 Å². The Morgan fingerprint density at radius 3 is 2.42 bits per heavy atom. The Labute approximate surface area is 184 Å². The van der Waals surface area contributed by atoms with E-state index in [0.717, 1.165) is 18.2 Å². The number of ether oxygens (including phenoxy) is 2. The average molecular weight is 449 g/mol. The highest BCUT2D eigenvalue weighted by molar-refractivity contribution is 6.12. The minimum absolute atomic E-state index is 0.00667. The summed E-state index contributed by atoms with van der Waals surface area (Å²) in [5.74, 6) is -1.11.